The van der Waals surface area contributed by atoms with Gasteiger partial charge in [-0.05, 0) is 36.5 Å². The van der Waals surface area contributed by atoms with Crippen molar-refractivity contribution in [2.75, 3.05) is 5.32 Å². The number of aromatic amines is 1. The summed E-state index contributed by atoms with van der Waals surface area (Å²) in [6.45, 7) is 0.475. The second-order valence-electron chi connectivity index (χ2n) is 6.14. The largest absolute Gasteiger partial charge is 0.334 e. The Labute approximate surface area is 145 Å². The molecule has 126 valence electrons. The highest BCUT2D eigenvalue weighted by atomic mass is 16.2. The van der Waals surface area contributed by atoms with Crippen LogP contribution in [0, 0.1) is 0 Å². The molecule has 2 aromatic heterocycles. The van der Waals surface area contributed by atoms with Crippen molar-refractivity contribution in [2.45, 2.75) is 25.3 Å². The van der Waals surface area contributed by atoms with Crippen molar-refractivity contribution in [2.24, 2.45) is 0 Å². The Morgan fingerprint density at radius 1 is 1.12 bits per heavy atom. The first-order valence-electron chi connectivity index (χ1n) is 8.39. The Balaban J connectivity index is 1.49. The first-order chi connectivity index (χ1) is 12.3. The molecule has 3 aromatic rings. The zero-order valence-corrected chi connectivity index (χ0v) is 13.7. The van der Waals surface area contributed by atoms with Crippen LogP contribution in [0.2, 0.25) is 0 Å². The SMILES string of the molecule is O=C(NCc1ccccc1)Nc1n[nH]c(-c2ccccn2)c1C1CC1. The van der Waals surface area contributed by atoms with Gasteiger partial charge in [0.2, 0.25) is 0 Å². The summed E-state index contributed by atoms with van der Waals surface area (Å²) in [4.78, 5) is 16.6. The molecule has 1 fully saturated rings. The number of hydrogen-bond donors (Lipinski definition) is 3. The summed E-state index contributed by atoms with van der Waals surface area (Å²) in [5, 5.41) is 13.1. The molecule has 4 rings (SSSR count). The summed E-state index contributed by atoms with van der Waals surface area (Å²) in [7, 11) is 0. The van der Waals surface area contributed by atoms with E-state index in [-0.39, 0.29) is 6.03 Å². The van der Waals surface area contributed by atoms with Crippen LogP contribution in [0.25, 0.3) is 11.4 Å². The summed E-state index contributed by atoms with van der Waals surface area (Å²) in [5.74, 6) is 1.02. The molecule has 0 atom stereocenters. The van der Waals surface area contributed by atoms with E-state index in [0.717, 1.165) is 35.4 Å². The molecule has 6 heteroatoms. The van der Waals surface area contributed by atoms with E-state index in [1.807, 2.05) is 48.5 Å². The number of carbonyl (C=O) groups excluding carboxylic acids is 1. The predicted octanol–water partition coefficient (Wildman–Crippen LogP) is 3.67. The van der Waals surface area contributed by atoms with Gasteiger partial charge >= 0.3 is 6.03 Å². The second kappa shape index (κ2) is 6.76. The van der Waals surface area contributed by atoms with E-state index in [1.54, 1.807) is 6.20 Å². The number of anilines is 1. The third-order valence-electron chi connectivity index (χ3n) is 4.24. The van der Waals surface area contributed by atoms with E-state index in [1.165, 1.54) is 0 Å². The molecule has 0 saturated heterocycles. The maximum atomic E-state index is 12.2. The van der Waals surface area contributed by atoms with Gasteiger partial charge in [-0.2, -0.15) is 5.10 Å². The lowest BCUT2D eigenvalue weighted by Gasteiger charge is -2.08. The Morgan fingerprint density at radius 3 is 2.64 bits per heavy atom. The van der Waals surface area contributed by atoms with E-state index in [9.17, 15) is 4.79 Å². The molecule has 0 bridgehead atoms. The van der Waals surface area contributed by atoms with Crippen LogP contribution in [0.15, 0.2) is 54.7 Å². The summed E-state index contributed by atoms with van der Waals surface area (Å²) in [5.41, 5.74) is 3.83. The zero-order chi connectivity index (χ0) is 17.1. The molecule has 0 aliphatic heterocycles. The van der Waals surface area contributed by atoms with Gasteiger partial charge in [-0.15, -0.1) is 0 Å². The molecule has 3 N–H and O–H groups in total. The quantitative estimate of drug-likeness (QED) is 0.666. The van der Waals surface area contributed by atoms with Crippen molar-refractivity contribution in [1.29, 1.82) is 0 Å². The third kappa shape index (κ3) is 3.52. The van der Waals surface area contributed by atoms with E-state index in [2.05, 4.69) is 25.8 Å². The van der Waals surface area contributed by atoms with E-state index in [4.69, 9.17) is 0 Å². The second-order valence-corrected chi connectivity index (χ2v) is 6.14. The van der Waals surface area contributed by atoms with Gasteiger partial charge < -0.3 is 5.32 Å². The van der Waals surface area contributed by atoms with Gasteiger partial charge in [-0.1, -0.05) is 36.4 Å². The number of hydrogen-bond acceptors (Lipinski definition) is 3. The van der Waals surface area contributed by atoms with Crippen LogP contribution in [0.5, 0.6) is 0 Å². The molecule has 2 heterocycles. The molecule has 0 spiro atoms. The molecule has 6 nitrogen and oxygen atoms in total. The fraction of sp³-hybridized carbons (Fsp3) is 0.211. The van der Waals surface area contributed by atoms with Crippen molar-refractivity contribution in [3.05, 3.63) is 65.9 Å². The Bertz CT molecular complexity index is 856. The highest BCUT2D eigenvalue weighted by molar-refractivity contribution is 5.90. The van der Waals surface area contributed by atoms with Crippen molar-refractivity contribution in [3.63, 3.8) is 0 Å². The number of amides is 2. The van der Waals surface area contributed by atoms with Gasteiger partial charge in [0.25, 0.3) is 0 Å². The highest BCUT2D eigenvalue weighted by Crippen LogP contribution is 2.46. The number of nitrogens with one attached hydrogen (secondary N) is 3. The average Bonchev–Trinajstić information content (AvgIpc) is 3.42. The molecule has 25 heavy (non-hydrogen) atoms. The van der Waals surface area contributed by atoms with Crippen molar-refractivity contribution in [1.82, 2.24) is 20.5 Å². The Hall–Kier alpha value is -3.15. The summed E-state index contributed by atoms with van der Waals surface area (Å²) in [6.07, 6.45) is 3.98. The lowest BCUT2D eigenvalue weighted by atomic mass is 10.1. The number of pyridine rings is 1. The topological polar surface area (TPSA) is 82.7 Å². The molecule has 1 aromatic carbocycles. The number of urea groups is 1. The van der Waals surface area contributed by atoms with E-state index in [0.29, 0.717) is 18.3 Å². The van der Waals surface area contributed by atoms with Gasteiger partial charge in [0.1, 0.15) is 0 Å². The smallest absolute Gasteiger partial charge is 0.320 e. The number of H-pyrrole nitrogens is 1. The van der Waals surface area contributed by atoms with Crippen LogP contribution in [-0.2, 0) is 6.54 Å². The van der Waals surface area contributed by atoms with E-state index < -0.39 is 0 Å². The fourth-order valence-electron chi connectivity index (χ4n) is 2.85. The average molecular weight is 333 g/mol. The number of aromatic nitrogens is 3. The van der Waals surface area contributed by atoms with Gasteiger partial charge in [0, 0.05) is 18.3 Å². The number of rotatable bonds is 5. The Kier molecular flexibility index (Phi) is 4.16. The van der Waals surface area contributed by atoms with Crippen molar-refractivity contribution < 1.29 is 4.79 Å². The number of carbonyl (C=O) groups is 1. The molecule has 0 radical (unpaired) electrons. The zero-order valence-electron chi connectivity index (χ0n) is 13.7. The minimum Gasteiger partial charge on any atom is -0.334 e. The minimum absolute atomic E-state index is 0.259. The minimum atomic E-state index is -0.259. The predicted molar refractivity (Wildman–Crippen MR) is 96.1 cm³/mol. The van der Waals surface area contributed by atoms with Gasteiger partial charge in [-0.3, -0.25) is 15.4 Å². The third-order valence-corrected chi connectivity index (χ3v) is 4.24. The lowest BCUT2D eigenvalue weighted by Crippen LogP contribution is -2.28. The summed E-state index contributed by atoms with van der Waals surface area (Å²) >= 11 is 0. The first-order valence-corrected chi connectivity index (χ1v) is 8.39. The summed E-state index contributed by atoms with van der Waals surface area (Å²) < 4.78 is 0. The van der Waals surface area contributed by atoms with Crippen LogP contribution in [0.1, 0.15) is 29.9 Å². The fourth-order valence-corrected chi connectivity index (χ4v) is 2.85. The summed E-state index contributed by atoms with van der Waals surface area (Å²) in [6, 6.07) is 15.3. The first kappa shape index (κ1) is 15.4. The van der Waals surface area contributed by atoms with Crippen LogP contribution >= 0.6 is 0 Å². The number of nitrogens with zero attached hydrogens (tertiary/aromatic N) is 2. The molecule has 1 saturated carbocycles. The van der Waals surface area contributed by atoms with Crippen LogP contribution in [0.3, 0.4) is 0 Å². The molecule has 1 aliphatic carbocycles. The number of benzene rings is 1. The molecular weight excluding hydrogens is 314 g/mol. The van der Waals surface area contributed by atoms with Gasteiger partial charge in [0.15, 0.2) is 5.82 Å². The lowest BCUT2D eigenvalue weighted by molar-refractivity contribution is 0.251. The molecule has 1 aliphatic rings. The van der Waals surface area contributed by atoms with Crippen LogP contribution < -0.4 is 10.6 Å². The molecule has 2 amide bonds. The van der Waals surface area contributed by atoms with Gasteiger partial charge in [0.05, 0.1) is 11.4 Å². The maximum Gasteiger partial charge on any atom is 0.320 e. The normalized spacial score (nSPS) is 13.4. The van der Waals surface area contributed by atoms with Gasteiger partial charge in [-0.25, -0.2) is 4.79 Å². The van der Waals surface area contributed by atoms with Crippen LogP contribution in [0.4, 0.5) is 10.6 Å². The van der Waals surface area contributed by atoms with Crippen molar-refractivity contribution in [3.8, 4) is 11.4 Å². The standard InChI is InChI=1S/C19H19N5O/c25-19(21-12-13-6-2-1-3-7-13)22-18-16(14-9-10-14)17(23-24-18)15-8-4-5-11-20-15/h1-8,11,14H,9-10,12H2,(H3,21,22,23,24,25). The monoisotopic (exact) mass is 333 g/mol. The van der Waals surface area contributed by atoms with Crippen LogP contribution in [-0.4, -0.2) is 21.2 Å². The van der Waals surface area contributed by atoms with E-state index >= 15 is 0 Å². The maximum absolute atomic E-state index is 12.2. The molecule has 0 unspecified atom stereocenters. The van der Waals surface area contributed by atoms with Crippen molar-refractivity contribution >= 4 is 11.8 Å². The molecular formula is C19H19N5O. The Morgan fingerprint density at radius 2 is 1.92 bits per heavy atom. The highest BCUT2D eigenvalue weighted by Gasteiger charge is 2.32.